The number of rotatable bonds is 8. The van der Waals surface area contributed by atoms with Crippen molar-refractivity contribution in [3.63, 3.8) is 0 Å². The standard InChI is InChI=1S/C34H26F4N4O4/c1-34(2)17-45-16-29(34)42-28-11-21(33(43)44)10-26(38)32(28)41-30(42)12-20-9-25(37)22(13-24(20)36)27-4-3-5-31(40-27)46-15-19-7-6-18(14-39)8-23(19)35/h3-11,13,29H,12,15-17H2,1-2H3,(H,43,44)/t29-/m1/s1. The van der Waals surface area contributed by atoms with E-state index in [-0.39, 0.29) is 81.9 Å². The molecular formula is C34H26F4N4O4. The van der Waals surface area contributed by atoms with Gasteiger partial charge >= 0.3 is 5.97 Å². The molecule has 8 nitrogen and oxygen atoms in total. The molecule has 6 rings (SSSR count). The van der Waals surface area contributed by atoms with Crippen molar-refractivity contribution in [2.24, 2.45) is 5.41 Å². The van der Waals surface area contributed by atoms with E-state index in [9.17, 15) is 14.3 Å². The highest BCUT2D eigenvalue weighted by Crippen LogP contribution is 2.41. The van der Waals surface area contributed by atoms with Gasteiger partial charge < -0.3 is 19.1 Å². The number of hydrogen-bond acceptors (Lipinski definition) is 6. The molecule has 5 aromatic rings. The van der Waals surface area contributed by atoms with Crippen molar-refractivity contribution in [2.75, 3.05) is 13.2 Å². The molecule has 1 aliphatic rings. The van der Waals surface area contributed by atoms with Crippen molar-refractivity contribution in [2.45, 2.75) is 32.9 Å². The Morgan fingerprint density at radius 1 is 1.02 bits per heavy atom. The smallest absolute Gasteiger partial charge is 0.335 e. The summed E-state index contributed by atoms with van der Waals surface area (Å²) in [5.41, 5.74) is -0.364. The number of halogens is 4. The molecule has 46 heavy (non-hydrogen) atoms. The second-order valence-corrected chi connectivity index (χ2v) is 11.7. The molecule has 1 fully saturated rings. The Kier molecular flexibility index (Phi) is 7.96. The van der Waals surface area contributed by atoms with Crippen molar-refractivity contribution in [1.82, 2.24) is 14.5 Å². The first-order valence-electron chi connectivity index (χ1n) is 14.2. The predicted molar refractivity (Wildman–Crippen MR) is 158 cm³/mol. The van der Waals surface area contributed by atoms with Gasteiger partial charge in [0.05, 0.1) is 47.7 Å². The molecule has 0 spiro atoms. The average Bonchev–Trinajstić information content (AvgIpc) is 3.56. The van der Waals surface area contributed by atoms with E-state index in [4.69, 9.17) is 14.7 Å². The van der Waals surface area contributed by atoms with Crippen LogP contribution in [0.5, 0.6) is 5.88 Å². The number of fused-ring (bicyclic) bond motifs is 1. The van der Waals surface area contributed by atoms with Gasteiger partial charge in [-0.15, -0.1) is 0 Å². The van der Waals surface area contributed by atoms with Crippen LogP contribution in [0.3, 0.4) is 0 Å². The molecule has 0 radical (unpaired) electrons. The summed E-state index contributed by atoms with van der Waals surface area (Å²) in [5, 5.41) is 18.5. The van der Waals surface area contributed by atoms with E-state index in [1.165, 1.54) is 36.4 Å². The molecule has 1 atom stereocenters. The molecule has 0 saturated carbocycles. The third-order valence-electron chi connectivity index (χ3n) is 8.07. The van der Waals surface area contributed by atoms with Crippen LogP contribution in [0.1, 0.15) is 52.8 Å². The maximum Gasteiger partial charge on any atom is 0.335 e. The Morgan fingerprint density at radius 3 is 2.50 bits per heavy atom. The number of carbonyl (C=O) groups is 1. The van der Waals surface area contributed by atoms with Crippen LogP contribution in [-0.2, 0) is 17.8 Å². The molecular weight excluding hydrogens is 604 g/mol. The maximum absolute atomic E-state index is 15.6. The molecule has 0 unspecified atom stereocenters. The molecule has 12 heteroatoms. The zero-order valence-corrected chi connectivity index (χ0v) is 24.7. The van der Waals surface area contributed by atoms with E-state index in [0.717, 1.165) is 24.3 Å². The number of aromatic nitrogens is 3. The number of nitriles is 1. The molecule has 3 heterocycles. The van der Waals surface area contributed by atoms with Gasteiger partial charge in [-0.25, -0.2) is 32.3 Å². The van der Waals surface area contributed by atoms with E-state index >= 15 is 13.2 Å². The number of aromatic carboxylic acids is 1. The predicted octanol–water partition coefficient (Wildman–Crippen LogP) is 6.99. The van der Waals surface area contributed by atoms with Crippen molar-refractivity contribution < 1.29 is 36.9 Å². The van der Waals surface area contributed by atoms with E-state index in [1.54, 1.807) is 4.57 Å². The average molecular weight is 631 g/mol. The zero-order chi connectivity index (χ0) is 32.7. The van der Waals surface area contributed by atoms with Crippen molar-refractivity contribution >= 4 is 17.0 Å². The number of nitrogens with zero attached hydrogens (tertiary/aromatic N) is 4. The summed E-state index contributed by atoms with van der Waals surface area (Å²) in [5.74, 6) is -4.07. The first kappa shape index (κ1) is 30.7. The zero-order valence-electron chi connectivity index (χ0n) is 24.7. The number of hydrogen-bond donors (Lipinski definition) is 1. The summed E-state index contributed by atoms with van der Waals surface area (Å²) in [6.07, 6.45) is -0.223. The normalized spacial score (nSPS) is 15.6. The summed E-state index contributed by atoms with van der Waals surface area (Å²) in [4.78, 5) is 20.4. The second kappa shape index (κ2) is 11.9. The molecule has 0 amide bonds. The summed E-state index contributed by atoms with van der Waals surface area (Å²) in [6.45, 7) is 4.30. The number of carboxylic acids is 1. The van der Waals surface area contributed by atoms with Crippen LogP contribution in [0.15, 0.2) is 60.7 Å². The first-order valence-corrected chi connectivity index (χ1v) is 14.2. The van der Waals surface area contributed by atoms with Gasteiger partial charge in [0.1, 0.15) is 35.4 Å². The number of pyridine rings is 1. The van der Waals surface area contributed by atoms with Gasteiger partial charge in [0.2, 0.25) is 5.88 Å². The Bertz CT molecular complexity index is 2050. The van der Waals surface area contributed by atoms with Gasteiger partial charge in [0, 0.05) is 29.0 Å². The molecule has 2 aromatic heterocycles. The summed E-state index contributed by atoms with van der Waals surface area (Å²) < 4.78 is 73.5. The van der Waals surface area contributed by atoms with E-state index in [0.29, 0.717) is 6.61 Å². The van der Waals surface area contributed by atoms with Gasteiger partial charge in [0.15, 0.2) is 5.82 Å². The lowest BCUT2D eigenvalue weighted by atomic mass is 9.87. The highest BCUT2D eigenvalue weighted by atomic mass is 19.1. The monoisotopic (exact) mass is 630 g/mol. The second-order valence-electron chi connectivity index (χ2n) is 11.7. The number of ether oxygens (including phenoxy) is 2. The largest absolute Gasteiger partial charge is 0.478 e. The van der Waals surface area contributed by atoms with Gasteiger partial charge in [0.25, 0.3) is 0 Å². The molecule has 1 saturated heterocycles. The highest BCUT2D eigenvalue weighted by molar-refractivity contribution is 5.93. The van der Waals surface area contributed by atoms with Crippen LogP contribution in [0.2, 0.25) is 0 Å². The molecule has 0 bridgehead atoms. The van der Waals surface area contributed by atoms with Gasteiger partial charge in [-0.1, -0.05) is 26.0 Å². The fraction of sp³-hybridized carbons (Fsp3) is 0.235. The minimum atomic E-state index is -1.31. The molecule has 1 aliphatic heterocycles. The van der Waals surface area contributed by atoms with Gasteiger partial charge in [-0.3, -0.25) is 0 Å². The maximum atomic E-state index is 15.6. The van der Waals surface area contributed by atoms with Crippen molar-refractivity contribution in [1.29, 1.82) is 5.26 Å². The lowest BCUT2D eigenvalue weighted by Gasteiger charge is -2.28. The number of benzene rings is 3. The van der Waals surface area contributed by atoms with E-state index in [2.05, 4.69) is 9.97 Å². The SMILES string of the molecule is CC1(C)COC[C@H]1n1c(Cc2cc(F)c(-c3cccc(OCc4ccc(C#N)cc4F)n3)cc2F)nc2c(F)cc(C(=O)O)cc21. The Balaban J connectivity index is 1.32. The van der Waals surface area contributed by atoms with Crippen molar-refractivity contribution in [3.05, 3.63) is 112 Å². The Labute approximate surface area is 260 Å². The summed E-state index contributed by atoms with van der Waals surface area (Å²) in [6, 6.07) is 14.1. The fourth-order valence-corrected chi connectivity index (χ4v) is 5.60. The van der Waals surface area contributed by atoms with Crippen LogP contribution in [-0.4, -0.2) is 38.8 Å². The molecule has 1 N–H and O–H groups in total. The van der Waals surface area contributed by atoms with Gasteiger partial charge in [-0.05, 0) is 48.0 Å². The van der Waals surface area contributed by atoms with E-state index in [1.807, 2.05) is 19.9 Å². The quantitative estimate of drug-likeness (QED) is 0.184. The van der Waals surface area contributed by atoms with Crippen molar-refractivity contribution in [3.8, 4) is 23.2 Å². The Morgan fingerprint density at radius 2 is 1.80 bits per heavy atom. The third-order valence-corrected chi connectivity index (χ3v) is 8.07. The fourth-order valence-electron chi connectivity index (χ4n) is 5.60. The molecule has 0 aliphatic carbocycles. The van der Waals surface area contributed by atoms with E-state index < -0.39 is 34.7 Å². The first-order chi connectivity index (χ1) is 21.9. The summed E-state index contributed by atoms with van der Waals surface area (Å²) >= 11 is 0. The minimum absolute atomic E-state index is 0.0445. The molecule has 3 aromatic carbocycles. The van der Waals surface area contributed by atoms with Crippen LogP contribution < -0.4 is 4.74 Å². The molecule has 234 valence electrons. The van der Waals surface area contributed by atoms with Gasteiger partial charge in [-0.2, -0.15) is 5.26 Å². The van der Waals surface area contributed by atoms with Crippen LogP contribution >= 0.6 is 0 Å². The lowest BCUT2D eigenvalue weighted by molar-refractivity contribution is 0.0696. The van der Waals surface area contributed by atoms with Crippen LogP contribution in [0, 0.1) is 40.0 Å². The van der Waals surface area contributed by atoms with Crippen LogP contribution in [0.4, 0.5) is 17.6 Å². The highest BCUT2D eigenvalue weighted by Gasteiger charge is 2.39. The summed E-state index contributed by atoms with van der Waals surface area (Å²) in [7, 11) is 0. The minimum Gasteiger partial charge on any atom is -0.478 e. The third kappa shape index (κ3) is 5.77. The Hall–Kier alpha value is -5.28. The number of carboxylic acid groups (broad SMARTS) is 1. The number of imidazole rings is 1. The van der Waals surface area contributed by atoms with Crippen LogP contribution in [0.25, 0.3) is 22.3 Å². The topological polar surface area (TPSA) is 110 Å². The lowest BCUT2D eigenvalue weighted by Crippen LogP contribution is -2.27.